The number of nitro groups is 1. The van der Waals surface area contributed by atoms with Crippen LogP contribution in [0.1, 0.15) is 27.6 Å². The molecule has 0 saturated carbocycles. The van der Waals surface area contributed by atoms with Crippen LogP contribution < -0.4 is 15.4 Å². The molecule has 0 aliphatic carbocycles. The first-order valence-electron chi connectivity index (χ1n) is 9.57. The molecule has 2 N–H and O–H groups in total. The molecule has 168 valence electrons. The molecular formula is C19H21N7O6. The summed E-state index contributed by atoms with van der Waals surface area (Å²) in [7, 11) is 0. The first kappa shape index (κ1) is 22.4. The lowest BCUT2D eigenvalue weighted by molar-refractivity contribution is -0.389. The second kappa shape index (κ2) is 10.1. The number of nitrogens with zero attached hydrogens (tertiary/aromatic N) is 5. The van der Waals surface area contributed by atoms with Crippen LogP contribution in [0, 0.1) is 24.0 Å². The molecule has 0 unspecified atom stereocenters. The summed E-state index contributed by atoms with van der Waals surface area (Å²) in [5, 5.41) is 23.2. The van der Waals surface area contributed by atoms with Crippen LogP contribution in [0.5, 0.6) is 5.75 Å². The fourth-order valence-electron chi connectivity index (χ4n) is 2.55. The molecule has 13 heteroatoms. The number of aryl methyl sites for hydroxylation is 2. The number of ether oxygens (including phenoxy) is 1. The molecule has 0 aliphatic rings. The number of nitrogens with one attached hydrogen (secondary N) is 2. The predicted molar refractivity (Wildman–Crippen MR) is 109 cm³/mol. The summed E-state index contributed by atoms with van der Waals surface area (Å²) >= 11 is 0. The lowest BCUT2D eigenvalue weighted by Crippen LogP contribution is -2.36. The van der Waals surface area contributed by atoms with E-state index in [0.29, 0.717) is 5.75 Å². The van der Waals surface area contributed by atoms with E-state index in [0.717, 1.165) is 11.1 Å². The van der Waals surface area contributed by atoms with E-state index in [1.54, 1.807) is 6.07 Å². The van der Waals surface area contributed by atoms with Crippen molar-refractivity contribution in [1.82, 2.24) is 30.6 Å². The summed E-state index contributed by atoms with van der Waals surface area (Å²) in [5.41, 5.74) is 2.21. The molecule has 2 amide bonds. The molecular weight excluding hydrogens is 422 g/mol. The lowest BCUT2D eigenvalue weighted by Gasteiger charge is -2.09. The van der Waals surface area contributed by atoms with Crippen molar-refractivity contribution in [2.45, 2.75) is 20.4 Å². The molecule has 0 saturated heterocycles. The Morgan fingerprint density at radius 3 is 2.69 bits per heavy atom. The van der Waals surface area contributed by atoms with Crippen molar-refractivity contribution in [3.05, 3.63) is 63.4 Å². The Morgan fingerprint density at radius 1 is 1.19 bits per heavy atom. The van der Waals surface area contributed by atoms with Gasteiger partial charge >= 0.3 is 17.6 Å². The third kappa shape index (κ3) is 6.10. The van der Waals surface area contributed by atoms with Crippen molar-refractivity contribution in [2.24, 2.45) is 0 Å². The number of hydrogen-bond donors (Lipinski definition) is 2. The average Bonchev–Trinajstić information content (AvgIpc) is 3.42. The standard InChI is InChI=1S/C19H21N7O6/c1-12-3-4-14(9-13(12)2)31-11-17(27)20-6-7-21-18(28)19-22-15(24-32-19)10-25-8-5-16(23-25)26(29)30/h3-5,8-9H,6-7,10-11H2,1-2H3,(H,20,27)(H,21,28). The Hall–Kier alpha value is -4.29. The van der Waals surface area contributed by atoms with E-state index in [1.165, 1.54) is 16.9 Å². The zero-order chi connectivity index (χ0) is 23.1. The zero-order valence-electron chi connectivity index (χ0n) is 17.4. The molecule has 0 bridgehead atoms. The van der Waals surface area contributed by atoms with Gasteiger partial charge < -0.3 is 30.0 Å². The molecule has 0 atom stereocenters. The SMILES string of the molecule is Cc1ccc(OCC(=O)NCCNC(=O)c2nc(Cn3ccc([N+](=O)[O-])n3)no2)cc1C. The number of amides is 2. The maximum Gasteiger partial charge on any atom is 0.389 e. The molecule has 3 rings (SSSR count). The maximum absolute atomic E-state index is 12.1. The van der Waals surface area contributed by atoms with Gasteiger partial charge in [0.2, 0.25) is 0 Å². The highest BCUT2D eigenvalue weighted by molar-refractivity contribution is 5.89. The van der Waals surface area contributed by atoms with Crippen LogP contribution in [0.3, 0.4) is 0 Å². The summed E-state index contributed by atoms with van der Waals surface area (Å²) in [6.45, 7) is 4.12. The molecule has 3 aromatic rings. The minimum absolute atomic E-state index is 0.00118. The largest absolute Gasteiger partial charge is 0.484 e. The van der Waals surface area contributed by atoms with E-state index in [-0.39, 0.29) is 49.7 Å². The van der Waals surface area contributed by atoms with Crippen LogP contribution >= 0.6 is 0 Å². The van der Waals surface area contributed by atoms with E-state index >= 15 is 0 Å². The molecule has 2 heterocycles. The molecule has 0 spiro atoms. The van der Waals surface area contributed by atoms with E-state index < -0.39 is 10.8 Å². The van der Waals surface area contributed by atoms with Gasteiger partial charge in [-0.3, -0.25) is 9.59 Å². The Kier molecular flexibility index (Phi) is 7.10. The van der Waals surface area contributed by atoms with Gasteiger partial charge in [0, 0.05) is 13.1 Å². The van der Waals surface area contributed by atoms with E-state index in [2.05, 4.69) is 25.9 Å². The quantitative estimate of drug-likeness (QED) is 0.261. The van der Waals surface area contributed by atoms with Crippen LogP contribution in [-0.2, 0) is 11.3 Å². The van der Waals surface area contributed by atoms with Crippen molar-refractivity contribution in [3.8, 4) is 5.75 Å². The number of carbonyl (C=O) groups excluding carboxylic acids is 2. The summed E-state index contributed by atoms with van der Waals surface area (Å²) < 4.78 is 11.6. The lowest BCUT2D eigenvalue weighted by atomic mass is 10.1. The minimum Gasteiger partial charge on any atom is -0.484 e. The Balaban J connectivity index is 1.37. The van der Waals surface area contributed by atoms with Gasteiger partial charge in [0.25, 0.3) is 5.91 Å². The number of benzene rings is 1. The highest BCUT2D eigenvalue weighted by Gasteiger charge is 2.17. The molecule has 0 radical (unpaired) electrons. The van der Waals surface area contributed by atoms with E-state index in [4.69, 9.17) is 9.26 Å². The Labute approximate surface area is 181 Å². The molecule has 0 aliphatic heterocycles. The molecule has 13 nitrogen and oxygen atoms in total. The first-order chi connectivity index (χ1) is 15.3. The predicted octanol–water partition coefficient (Wildman–Crippen LogP) is 0.764. The second-order valence-electron chi connectivity index (χ2n) is 6.78. The van der Waals surface area contributed by atoms with Crippen LogP contribution in [0.15, 0.2) is 35.0 Å². The summed E-state index contributed by atoms with van der Waals surface area (Å²) in [4.78, 5) is 37.9. The van der Waals surface area contributed by atoms with Crippen molar-refractivity contribution < 1.29 is 23.8 Å². The molecule has 2 aromatic heterocycles. The minimum atomic E-state index is -0.625. The van der Waals surface area contributed by atoms with Crippen LogP contribution in [0.2, 0.25) is 0 Å². The van der Waals surface area contributed by atoms with Crippen molar-refractivity contribution in [2.75, 3.05) is 19.7 Å². The Morgan fingerprint density at radius 2 is 1.97 bits per heavy atom. The van der Waals surface area contributed by atoms with Crippen molar-refractivity contribution >= 4 is 17.6 Å². The monoisotopic (exact) mass is 443 g/mol. The van der Waals surface area contributed by atoms with Gasteiger partial charge in [0.1, 0.15) is 12.3 Å². The van der Waals surface area contributed by atoms with Gasteiger partial charge in [0.15, 0.2) is 12.4 Å². The van der Waals surface area contributed by atoms with Gasteiger partial charge in [-0.15, -0.1) is 0 Å². The van der Waals surface area contributed by atoms with E-state index in [9.17, 15) is 19.7 Å². The van der Waals surface area contributed by atoms with Crippen molar-refractivity contribution in [1.29, 1.82) is 0 Å². The highest BCUT2D eigenvalue weighted by Crippen LogP contribution is 2.16. The second-order valence-corrected chi connectivity index (χ2v) is 6.78. The fourth-order valence-corrected chi connectivity index (χ4v) is 2.55. The maximum atomic E-state index is 12.1. The number of hydrogen-bond acceptors (Lipinski definition) is 9. The smallest absolute Gasteiger partial charge is 0.389 e. The number of aromatic nitrogens is 4. The van der Waals surface area contributed by atoms with E-state index in [1.807, 2.05) is 26.0 Å². The fraction of sp³-hybridized carbons (Fsp3) is 0.316. The van der Waals surface area contributed by atoms with Gasteiger partial charge in [-0.1, -0.05) is 11.2 Å². The average molecular weight is 443 g/mol. The number of carbonyl (C=O) groups is 2. The van der Waals surface area contributed by atoms with Crippen LogP contribution in [0.4, 0.5) is 5.82 Å². The van der Waals surface area contributed by atoms with Crippen LogP contribution in [0.25, 0.3) is 0 Å². The number of rotatable bonds is 10. The van der Waals surface area contributed by atoms with Gasteiger partial charge in [-0.2, -0.15) is 9.67 Å². The zero-order valence-corrected chi connectivity index (χ0v) is 17.4. The Bertz CT molecular complexity index is 1120. The molecule has 0 fully saturated rings. The topological polar surface area (TPSA) is 167 Å². The van der Waals surface area contributed by atoms with Gasteiger partial charge in [0.05, 0.1) is 17.4 Å². The summed E-state index contributed by atoms with van der Waals surface area (Å²) in [6.07, 6.45) is 1.39. The molecule has 32 heavy (non-hydrogen) atoms. The van der Waals surface area contributed by atoms with Crippen molar-refractivity contribution in [3.63, 3.8) is 0 Å². The third-order valence-corrected chi connectivity index (χ3v) is 4.36. The summed E-state index contributed by atoms with van der Waals surface area (Å²) in [6, 6.07) is 6.80. The molecule has 1 aromatic carbocycles. The first-order valence-corrected chi connectivity index (χ1v) is 9.57. The highest BCUT2D eigenvalue weighted by atomic mass is 16.6. The summed E-state index contributed by atoms with van der Waals surface area (Å²) in [5.74, 6) is -0.793. The van der Waals surface area contributed by atoms with Gasteiger partial charge in [-0.25, -0.2) is 0 Å². The van der Waals surface area contributed by atoms with Crippen LogP contribution in [-0.4, -0.2) is 56.4 Å². The normalized spacial score (nSPS) is 10.6. The third-order valence-electron chi connectivity index (χ3n) is 4.36. The van der Waals surface area contributed by atoms with Gasteiger partial charge in [-0.05, 0) is 42.0 Å².